The molecule has 0 atom stereocenters. The minimum atomic E-state index is -0.806. The van der Waals surface area contributed by atoms with Gasteiger partial charge in [0.25, 0.3) is 0 Å². The van der Waals surface area contributed by atoms with Gasteiger partial charge in [-0.15, -0.1) is 27.7 Å². The molecule has 8 heteroatoms. The van der Waals surface area contributed by atoms with Crippen molar-refractivity contribution in [3.05, 3.63) is 50.7 Å². The Bertz CT molecular complexity index is 716. The molecule has 115 valence electrons. The maximum Gasteiger partial charge on any atom is 0.208 e. The van der Waals surface area contributed by atoms with E-state index in [9.17, 15) is 13.6 Å². The number of hydrogen-bond acceptors (Lipinski definition) is 3. The van der Waals surface area contributed by atoms with Crippen LogP contribution in [0.3, 0.4) is 0 Å². The molecule has 1 aromatic heterocycles. The third kappa shape index (κ3) is 4.19. The van der Waals surface area contributed by atoms with Gasteiger partial charge in [0.05, 0.1) is 11.6 Å². The Morgan fingerprint density at radius 3 is 2.50 bits per heavy atom. The van der Waals surface area contributed by atoms with Gasteiger partial charge in [-0.05, 0) is 16.3 Å². The zero-order chi connectivity index (χ0) is 15.6. The summed E-state index contributed by atoms with van der Waals surface area (Å²) < 4.78 is 34.9. The van der Waals surface area contributed by atoms with Gasteiger partial charge >= 0.3 is 0 Å². The van der Waals surface area contributed by atoms with E-state index in [-0.39, 0.29) is 54.2 Å². The molecule has 0 spiro atoms. The largest absolute Gasteiger partial charge is 0.483 e. The standard InChI is InChI=1S/C14H11BrF2NO2S.Y/c1-18-12(4-3-9(15)14(18)19)13-10(16)5-8(6-11(13)17)20-7-21-2;/h3,5-6H,7H2,1-2H3;/q-1;. The maximum atomic E-state index is 14.2. The van der Waals surface area contributed by atoms with Gasteiger partial charge in [-0.1, -0.05) is 5.69 Å². The van der Waals surface area contributed by atoms with Crippen LogP contribution in [0.1, 0.15) is 0 Å². The molecule has 22 heavy (non-hydrogen) atoms. The molecule has 0 N–H and O–H groups in total. The third-order valence-corrected chi connectivity index (χ3v) is 3.70. The van der Waals surface area contributed by atoms with Gasteiger partial charge in [-0.2, -0.15) is 12.1 Å². The predicted molar refractivity (Wildman–Crippen MR) is 82.6 cm³/mol. The summed E-state index contributed by atoms with van der Waals surface area (Å²) in [6.45, 7) is 0. The first-order chi connectivity index (χ1) is 9.95. The number of ether oxygens (including phenoxy) is 1. The van der Waals surface area contributed by atoms with Gasteiger partial charge in [0.2, 0.25) is 5.56 Å². The number of halogens is 3. The summed E-state index contributed by atoms with van der Waals surface area (Å²) in [5, 5.41) is 0. The fourth-order valence-corrected chi connectivity index (χ4v) is 2.41. The number of rotatable bonds is 4. The summed E-state index contributed by atoms with van der Waals surface area (Å²) in [7, 11) is 1.43. The zero-order valence-electron chi connectivity index (χ0n) is 11.8. The van der Waals surface area contributed by atoms with Crippen LogP contribution in [0.25, 0.3) is 11.3 Å². The molecule has 1 aromatic carbocycles. The van der Waals surface area contributed by atoms with Crippen molar-refractivity contribution in [2.24, 2.45) is 7.05 Å². The second kappa shape index (κ2) is 8.57. The van der Waals surface area contributed by atoms with Gasteiger partial charge in [-0.25, -0.2) is 8.78 Å². The Morgan fingerprint density at radius 2 is 1.95 bits per heavy atom. The Labute approximate surface area is 164 Å². The molecule has 0 saturated carbocycles. The molecule has 3 nitrogen and oxygen atoms in total. The fraction of sp³-hybridized carbons (Fsp3) is 0.214. The van der Waals surface area contributed by atoms with E-state index < -0.39 is 17.2 Å². The molecule has 1 radical (unpaired) electrons. The van der Waals surface area contributed by atoms with Crippen molar-refractivity contribution in [2.75, 3.05) is 12.2 Å². The van der Waals surface area contributed by atoms with E-state index in [2.05, 4.69) is 22.0 Å². The summed E-state index contributed by atoms with van der Waals surface area (Å²) in [6, 6.07) is 6.22. The summed E-state index contributed by atoms with van der Waals surface area (Å²) in [6.07, 6.45) is 1.81. The zero-order valence-corrected chi connectivity index (χ0v) is 17.1. The average Bonchev–Trinajstić information content (AvgIpc) is 2.44. The molecule has 2 rings (SSSR count). The Kier molecular flexibility index (Phi) is 7.72. The summed E-state index contributed by atoms with van der Waals surface area (Å²) in [5.41, 5.74) is -0.668. The van der Waals surface area contributed by atoms with Crippen LogP contribution in [0.4, 0.5) is 8.78 Å². The molecule has 0 aliphatic rings. The predicted octanol–water partition coefficient (Wildman–Crippen LogP) is 3.59. The van der Waals surface area contributed by atoms with Crippen molar-refractivity contribution in [3.63, 3.8) is 0 Å². The van der Waals surface area contributed by atoms with Gasteiger partial charge in [0.1, 0.15) is 11.7 Å². The number of aromatic nitrogens is 1. The second-order valence-corrected chi connectivity index (χ2v) is 5.83. The molecule has 0 unspecified atom stereocenters. The molecular formula is C14H11BrF2NO2SY-. The van der Waals surface area contributed by atoms with E-state index in [1.165, 1.54) is 24.9 Å². The SMILES string of the molecule is CSCOc1cc(F)c(-c2[c-]cc(Br)c(=O)n2C)c(F)c1.[Y]. The van der Waals surface area contributed by atoms with Crippen LogP contribution in [0.15, 0.2) is 27.5 Å². The van der Waals surface area contributed by atoms with E-state index >= 15 is 0 Å². The van der Waals surface area contributed by atoms with E-state index in [4.69, 9.17) is 4.74 Å². The average molecular weight is 464 g/mol. The molecular weight excluding hydrogens is 453 g/mol. The number of benzene rings is 1. The number of hydrogen-bond donors (Lipinski definition) is 0. The van der Waals surface area contributed by atoms with E-state index in [1.807, 2.05) is 6.26 Å². The third-order valence-electron chi connectivity index (χ3n) is 2.78. The smallest absolute Gasteiger partial charge is 0.208 e. The molecule has 1 heterocycles. The van der Waals surface area contributed by atoms with Crippen molar-refractivity contribution < 1.29 is 46.2 Å². The minimum absolute atomic E-state index is 0. The van der Waals surface area contributed by atoms with E-state index in [0.29, 0.717) is 5.94 Å². The molecule has 0 aliphatic carbocycles. The van der Waals surface area contributed by atoms with Crippen LogP contribution >= 0.6 is 27.7 Å². The van der Waals surface area contributed by atoms with Crippen molar-refractivity contribution >= 4 is 27.7 Å². The van der Waals surface area contributed by atoms with Crippen LogP contribution in [-0.4, -0.2) is 16.8 Å². The minimum Gasteiger partial charge on any atom is -0.483 e. The van der Waals surface area contributed by atoms with E-state index in [0.717, 1.165) is 16.7 Å². The molecule has 0 fully saturated rings. The monoisotopic (exact) mass is 463 g/mol. The first kappa shape index (κ1) is 19.8. The van der Waals surface area contributed by atoms with Crippen LogP contribution in [0.5, 0.6) is 5.75 Å². The topological polar surface area (TPSA) is 31.2 Å². The Morgan fingerprint density at radius 1 is 1.36 bits per heavy atom. The number of nitrogens with zero attached hydrogens (tertiary/aromatic N) is 1. The van der Waals surface area contributed by atoms with Gasteiger partial charge < -0.3 is 9.30 Å². The molecule has 0 amide bonds. The second-order valence-electron chi connectivity index (χ2n) is 4.16. The summed E-state index contributed by atoms with van der Waals surface area (Å²) in [5.74, 6) is -1.22. The normalized spacial score (nSPS) is 10.2. The van der Waals surface area contributed by atoms with Gasteiger partial charge in [0, 0.05) is 51.9 Å². The number of pyridine rings is 1. The van der Waals surface area contributed by atoms with Crippen molar-refractivity contribution in [3.8, 4) is 17.0 Å². The molecule has 0 aliphatic heterocycles. The van der Waals surface area contributed by atoms with Gasteiger partial charge in [-0.3, -0.25) is 4.79 Å². The van der Waals surface area contributed by atoms with Crippen molar-refractivity contribution in [1.29, 1.82) is 0 Å². The van der Waals surface area contributed by atoms with Crippen LogP contribution in [0, 0.1) is 17.7 Å². The first-order valence-electron chi connectivity index (χ1n) is 5.84. The maximum absolute atomic E-state index is 14.2. The van der Waals surface area contributed by atoms with Crippen LogP contribution < -0.4 is 10.3 Å². The molecule has 0 saturated heterocycles. The summed E-state index contributed by atoms with van der Waals surface area (Å²) in [4.78, 5) is 11.8. The van der Waals surface area contributed by atoms with E-state index in [1.54, 1.807) is 0 Å². The summed E-state index contributed by atoms with van der Waals surface area (Å²) >= 11 is 4.45. The Balaban J connectivity index is 0.00000242. The molecule has 0 bridgehead atoms. The quantitative estimate of drug-likeness (QED) is 0.513. The van der Waals surface area contributed by atoms with Crippen molar-refractivity contribution in [1.82, 2.24) is 4.57 Å². The Hall–Kier alpha value is -0.236. The van der Waals surface area contributed by atoms with Crippen molar-refractivity contribution in [2.45, 2.75) is 0 Å². The molecule has 2 aromatic rings. The number of thioether (sulfide) groups is 1. The fourth-order valence-electron chi connectivity index (χ4n) is 1.78. The van der Waals surface area contributed by atoms with Gasteiger partial charge in [0.15, 0.2) is 0 Å². The van der Waals surface area contributed by atoms with Crippen LogP contribution in [-0.2, 0) is 39.8 Å². The first-order valence-corrected chi connectivity index (χ1v) is 8.02. The van der Waals surface area contributed by atoms with Crippen LogP contribution in [0.2, 0.25) is 0 Å².